The van der Waals surface area contributed by atoms with Gasteiger partial charge in [-0.3, -0.25) is 14.5 Å². The van der Waals surface area contributed by atoms with Crippen molar-refractivity contribution in [3.63, 3.8) is 0 Å². The summed E-state index contributed by atoms with van der Waals surface area (Å²) >= 11 is 0. The van der Waals surface area contributed by atoms with Crippen molar-refractivity contribution in [2.75, 3.05) is 33.2 Å². The first-order valence-electron chi connectivity index (χ1n) is 14.2. The maximum Gasteiger partial charge on any atom is 0.416 e. The summed E-state index contributed by atoms with van der Waals surface area (Å²) in [6.07, 6.45) is -9.21. The minimum Gasteiger partial charge on any atom is -0.341 e. The van der Waals surface area contributed by atoms with E-state index in [2.05, 4.69) is 4.90 Å². The van der Waals surface area contributed by atoms with E-state index in [0.717, 1.165) is 5.56 Å². The molecule has 2 unspecified atom stereocenters. The van der Waals surface area contributed by atoms with Crippen molar-refractivity contribution in [3.8, 4) is 0 Å². The molecule has 2 amide bonds. The smallest absolute Gasteiger partial charge is 0.341 e. The van der Waals surface area contributed by atoms with Crippen LogP contribution in [0.25, 0.3) is 0 Å². The zero-order chi connectivity index (χ0) is 32.1. The average Bonchev–Trinajstić information content (AvgIpc) is 2.90. The molecule has 2 heterocycles. The Labute approximate surface area is 246 Å². The van der Waals surface area contributed by atoms with E-state index >= 15 is 0 Å². The van der Waals surface area contributed by atoms with Crippen molar-refractivity contribution >= 4 is 11.8 Å². The Balaban J connectivity index is 1.66. The number of nitrogens with zero attached hydrogens (tertiary/aromatic N) is 3. The molecule has 2 aliphatic heterocycles. The molecule has 2 aliphatic rings. The van der Waals surface area contributed by atoms with Gasteiger partial charge in [0.1, 0.15) is 5.82 Å². The molecule has 2 aromatic carbocycles. The molecule has 0 radical (unpaired) electrons. The number of amides is 2. The van der Waals surface area contributed by atoms with Crippen molar-refractivity contribution in [1.29, 1.82) is 0 Å². The number of halogens is 7. The van der Waals surface area contributed by atoms with Gasteiger partial charge in [-0.05, 0) is 74.2 Å². The number of benzene rings is 2. The number of hydrogen-bond acceptors (Lipinski definition) is 3. The number of piperidine rings is 1. The highest BCUT2D eigenvalue weighted by Crippen LogP contribution is 2.41. The van der Waals surface area contributed by atoms with Crippen LogP contribution >= 0.6 is 0 Å². The third kappa shape index (κ3) is 6.68. The van der Waals surface area contributed by atoms with Crippen LogP contribution in [0, 0.1) is 12.7 Å². The van der Waals surface area contributed by atoms with Crippen LogP contribution in [0.2, 0.25) is 0 Å². The Morgan fingerprint density at radius 2 is 1.47 bits per heavy atom. The second-order valence-electron chi connectivity index (χ2n) is 12.1. The predicted molar refractivity (Wildman–Crippen MR) is 147 cm³/mol. The molecule has 4 rings (SSSR count). The molecule has 0 bridgehead atoms. The predicted octanol–water partition coefficient (Wildman–Crippen LogP) is 6.39. The van der Waals surface area contributed by atoms with Gasteiger partial charge in [-0.15, -0.1) is 0 Å². The highest BCUT2D eigenvalue weighted by Gasteiger charge is 2.45. The van der Waals surface area contributed by atoms with E-state index in [9.17, 15) is 40.3 Å². The molecule has 43 heavy (non-hydrogen) atoms. The van der Waals surface area contributed by atoms with Gasteiger partial charge >= 0.3 is 12.4 Å². The lowest BCUT2D eigenvalue weighted by molar-refractivity contribution is -0.144. The number of likely N-dealkylation sites (tertiary alicyclic amines) is 2. The van der Waals surface area contributed by atoms with Crippen LogP contribution in [-0.2, 0) is 27.4 Å². The highest BCUT2D eigenvalue weighted by molar-refractivity contribution is 5.87. The maximum absolute atomic E-state index is 14.0. The van der Waals surface area contributed by atoms with E-state index in [1.807, 2.05) is 0 Å². The van der Waals surface area contributed by atoms with Crippen LogP contribution in [0.5, 0.6) is 0 Å². The fourth-order valence-electron chi connectivity index (χ4n) is 6.27. The third-order valence-corrected chi connectivity index (χ3v) is 8.93. The van der Waals surface area contributed by atoms with Gasteiger partial charge in [-0.2, -0.15) is 26.3 Å². The Morgan fingerprint density at radius 1 is 0.907 bits per heavy atom. The fourth-order valence-corrected chi connectivity index (χ4v) is 6.27. The Hall–Kier alpha value is -3.15. The van der Waals surface area contributed by atoms with Gasteiger partial charge in [0.05, 0.1) is 16.5 Å². The quantitative estimate of drug-likeness (QED) is 0.354. The van der Waals surface area contributed by atoms with E-state index < -0.39 is 52.2 Å². The van der Waals surface area contributed by atoms with Gasteiger partial charge < -0.3 is 9.80 Å². The lowest BCUT2D eigenvalue weighted by Gasteiger charge is -2.51. The van der Waals surface area contributed by atoms with Crippen LogP contribution in [-0.4, -0.2) is 71.8 Å². The molecule has 0 aromatic heterocycles. The van der Waals surface area contributed by atoms with Crippen LogP contribution in [0.3, 0.4) is 0 Å². The molecular weight excluding hydrogens is 579 g/mol. The zero-order valence-corrected chi connectivity index (χ0v) is 24.7. The molecule has 2 saturated heterocycles. The molecule has 2 fully saturated rings. The molecular formula is C31H36F7N3O2. The number of alkyl halides is 6. The molecule has 12 heteroatoms. The van der Waals surface area contributed by atoms with Gasteiger partial charge in [0.2, 0.25) is 11.8 Å². The number of likely N-dealkylation sites (N-methyl/N-ethyl adjacent to an activating group) is 1. The molecule has 0 N–H and O–H groups in total. The normalized spacial score (nSPS) is 20.6. The fraction of sp³-hybridized carbons (Fsp3) is 0.548. The Morgan fingerprint density at radius 3 is 1.98 bits per heavy atom. The van der Waals surface area contributed by atoms with Crippen LogP contribution < -0.4 is 0 Å². The Kier molecular flexibility index (Phi) is 8.94. The van der Waals surface area contributed by atoms with Crippen LogP contribution in [0.1, 0.15) is 67.3 Å². The largest absolute Gasteiger partial charge is 0.416 e. The van der Waals surface area contributed by atoms with Crippen LogP contribution in [0.4, 0.5) is 30.7 Å². The van der Waals surface area contributed by atoms with Gasteiger partial charge in [0.15, 0.2) is 0 Å². The summed E-state index contributed by atoms with van der Waals surface area (Å²) in [6.45, 7) is 8.40. The van der Waals surface area contributed by atoms with E-state index in [1.165, 1.54) is 37.9 Å². The van der Waals surface area contributed by atoms with Gasteiger partial charge in [-0.25, -0.2) is 4.39 Å². The first-order valence-corrected chi connectivity index (χ1v) is 14.2. The summed E-state index contributed by atoms with van der Waals surface area (Å²) < 4.78 is 95.6. The first kappa shape index (κ1) is 32.8. The van der Waals surface area contributed by atoms with Crippen molar-refractivity contribution in [2.24, 2.45) is 0 Å². The number of carbonyl (C=O) groups excluding carboxylic acids is 2. The van der Waals surface area contributed by atoms with Gasteiger partial charge in [0.25, 0.3) is 0 Å². The van der Waals surface area contributed by atoms with Crippen LogP contribution in [0.15, 0.2) is 36.4 Å². The lowest BCUT2D eigenvalue weighted by atomic mass is 9.78. The summed E-state index contributed by atoms with van der Waals surface area (Å²) in [7, 11) is 1.51. The molecule has 0 aliphatic carbocycles. The average molecular weight is 616 g/mol. The van der Waals surface area contributed by atoms with E-state index in [0.29, 0.717) is 56.7 Å². The SMILES string of the molecule is CCC(=O)N1CC(N2CCC(N(C)C(=O)C(C)(C)c3cc(C(F)(F)F)cc(C(F)(F)F)c3)C(c3ccc(F)cc3C)C2)C1. The summed E-state index contributed by atoms with van der Waals surface area (Å²) in [5.74, 6) is -1.31. The van der Waals surface area contributed by atoms with Crippen molar-refractivity contribution in [3.05, 3.63) is 70.0 Å². The monoisotopic (exact) mass is 615 g/mol. The molecule has 5 nitrogen and oxygen atoms in total. The van der Waals surface area contributed by atoms with E-state index in [1.54, 1.807) is 24.8 Å². The molecule has 2 aromatic rings. The Bertz CT molecular complexity index is 1330. The van der Waals surface area contributed by atoms with E-state index in [-0.39, 0.29) is 23.9 Å². The molecule has 0 saturated carbocycles. The number of rotatable bonds is 6. The second-order valence-corrected chi connectivity index (χ2v) is 12.1. The number of carbonyl (C=O) groups is 2. The first-order chi connectivity index (χ1) is 19.8. The summed E-state index contributed by atoms with van der Waals surface area (Å²) in [5.41, 5.74) is -3.62. The second kappa shape index (κ2) is 11.7. The molecule has 2 atom stereocenters. The summed E-state index contributed by atoms with van der Waals surface area (Å²) in [5, 5.41) is 0. The maximum atomic E-state index is 14.0. The zero-order valence-electron chi connectivity index (χ0n) is 24.7. The summed E-state index contributed by atoms with van der Waals surface area (Å²) in [4.78, 5) is 31.5. The van der Waals surface area contributed by atoms with Crippen molar-refractivity contribution in [1.82, 2.24) is 14.7 Å². The molecule has 0 spiro atoms. The van der Waals surface area contributed by atoms with Crippen molar-refractivity contribution in [2.45, 2.75) is 76.3 Å². The highest BCUT2D eigenvalue weighted by atomic mass is 19.4. The third-order valence-electron chi connectivity index (χ3n) is 8.93. The number of aryl methyl sites for hydroxylation is 1. The minimum atomic E-state index is -5.04. The molecule has 236 valence electrons. The van der Waals surface area contributed by atoms with E-state index in [4.69, 9.17) is 0 Å². The van der Waals surface area contributed by atoms with Gasteiger partial charge in [-0.1, -0.05) is 13.0 Å². The number of hydrogen-bond donors (Lipinski definition) is 0. The van der Waals surface area contributed by atoms with Gasteiger partial charge in [0, 0.05) is 57.6 Å². The topological polar surface area (TPSA) is 43.9 Å². The standard InChI is InChI=1S/C31H36F7N3O2/c1-6-27(42)41-15-23(16-41)40-10-9-26(25(17-40)24-8-7-22(32)11-18(24)2)39(5)28(43)29(3,4)19-12-20(30(33,34)35)14-21(13-19)31(36,37)38/h7-8,11-14,23,25-26H,6,9-10,15-17H2,1-5H3. The lowest BCUT2D eigenvalue weighted by Crippen LogP contribution is -2.64. The minimum absolute atomic E-state index is 0.0481. The van der Waals surface area contributed by atoms with Crippen molar-refractivity contribution < 1.29 is 40.3 Å². The summed E-state index contributed by atoms with van der Waals surface area (Å²) in [6, 6.07) is 5.28.